The van der Waals surface area contributed by atoms with Crippen LogP contribution in [0, 0.1) is 0 Å². The molecule has 0 radical (unpaired) electrons. The molecule has 66 valence electrons. The predicted molar refractivity (Wildman–Crippen MR) is 54.8 cm³/mol. The normalized spacial score (nSPS) is 8.50. The summed E-state index contributed by atoms with van der Waals surface area (Å²) in [4.78, 5) is 12.8. The van der Waals surface area contributed by atoms with Crippen LogP contribution < -0.4 is 0 Å². The molecule has 0 saturated heterocycles. The Morgan fingerprint density at radius 1 is 1.17 bits per heavy atom. The topological polar surface area (TPSA) is 20.3 Å². The molecule has 0 saturated carbocycles. The first-order chi connectivity index (χ1) is 5.22. The maximum absolute atomic E-state index is 11.3. The summed E-state index contributed by atoms with van der Waals surface area (Å²) in [5.74, 6) is 0.0469. The minimum absolute atomic E-state index is 0. The van der Waals surface area contributed by atoms with Crippen molar-refractivity contribution in [2.45, 2.75) is 0 Å². The Hall–Kier alpha value is -0.830. The molecule has 1 aromatic rings. The number of carbonyl (C=O) groups excluding carboxylic acids is 1. The van der Waals surface area contributed by atoms with Crippen LogP contribution in [0.25, 0.3) is 0 Å². The monoisotopic (exact) mass is 229 g/mol. The van der Waals surface area contributed by atoms with Crippen molar-refractivity contribution >= 4 is 22.9 Å². The number of rotatable bonds is 1. The third-order valence-corrected chi connectivity index (χ3v) is 1.43. The van der Waals surface area contributed by atoms with Crippen LogP contribution in [0.1, 0.15) is 10.4 Å². The summed E-state index contributed by atoms with van der Waals surface area (Å²) in [5, 5.41) is 0. The van der Waals surface area contributed by atoms with E-state index >= 15 is 0 Å². The lowest BCUT2D eigenvalue weighted by Crippen LogP contribution is -2.21. The predicted octanol–water partition coefficient (Wildman–Crippen LogP) is 1.97. The van der Waals surface area contributed by atoms with Gasteiger partial charge in [-0.05, 0) is 12.1 Å². The molecule has 3 heteroatoms. The van der Waals surface area contributed by atoms with Gasteiger partial charge in [0.1, 0.15) is 0 Å². The number of hydrogen-bond acceptors (Lipinski definition) is 1. The van der Waals surface area contributed by atoms with Crippen molar-refractivity contribution in [2.75, 3.05) is 14.1 Å². The quantitative estimate of drug-likeness (QED) is 0.722. The van der Waals surface area contributed by atoms with Crippen molar-refractivity contribution in [3.8, 4) is 0 Å². The standard InChI is InChI=1S/C9H11NO.BrH/c1-10(2)9(11)8-6-4-3-5-7-8;/h3-7H,1-2H3;1H. The highest BCUT2D eigenvalue weighted by molar-refractivity contribution is 8.93. The maximum atomic E-state index is 11.3. The molecule has 0 N–H and O–H groups in total. The Morgan fingerprint density at radius 3 is 2.08 bits per heavy atom. The van der Waals surface area contributed by atoms with Gasteiger partial charge < -0.3 is 4.90 Å². The summed E-state index contributed by atoms with van der Waals surface area (Å²) in [6.07, 6.45) is 0. The van der Waals surface area contributed by atoms with E-state index in [9.17, 15) is 4.79 Å². The zero-order valence-electron chi connectivity index (χ0n) is 7.15. The molecule has 0 atom stereocenters. The molecule has 0 bridgehead atoms. The molecule has 2 nitrogen and oxygen atoms in total. The van der Waals surface area contributed by atoms with Crippen molar-refractivity contribution < 1.29 is 4.79 Å². The van der Waals surface area contributed by atoms with Gasteiger partial charge >= 0.3 is 0 Å². The third kappa shape index (κ3) is 2.66. The summed E-state index contributed by atoms with van der Waals surface area (Å²) in [7, 11) is 3.49. The van der Waals surface area contributed by atoms with Crippen LogP contribution >= 0.6 is 17.0 Å². The van der Waals surface area contributed by atoms with Gasteiger partial charge in [-0.15, -0.1) is 17.0 Å². The Bertz CT molecular complexity index is 246. The van der Waals surface area contributed by atoms with E-state index in [-0.39, 0.29) is 22.9 Å². The second-order valence-corrected chi connectivity index (χ2v) is 2.57. The lowest BCUT2D eigenvalue weighted by atomic mass is 10.2. The number of carbonyl (C=O) groups is 1. The van der Waals surface area contributed by atoms with Gasteiger partial charge in [-0.1, -0.05) is 18.2 Å². The SMILES string of the molecule is Br.CN(C)C(=O)c1ccccc1. The van der Waals surface area contributed by atoms with E-state index in [1.165, 1.54) is 0 Å². The molecule has 1 amide bonds. The fraction of sp³-hybridized carbons (Fsp3) is 0.222. The molecular formula is C9H12BrNO. The molecule has 0 heterocycles. The summed E-state index contributed by atoms with van der Waals surface area (Å²) in [6, 6.07) is 9.23. The van der Waals surface area contributed by atoms with Gasteiger partial charge in [0.05, 0.1) is 0 Å². The summed E-state index contributed by atoms with van der Waals surface area (Å²) in [5.41, 5.74) is 0.734. The minimum atomic E-state index is 0. The lowest BCUT2D eigenvalue weighted by Gasteiger charge is -2.08. The Balaban J connectivity index is 0.00000121. The van der Waals surface area contributed by atoms with Gasteiger partial charge in [0.2, 0.25) is 0 Å². The average molecular weight is 230 g/mol. The van der Waals surface area contributed by atoms with Gasteiger partial charge in [0, 0.05) is 19.7 Å². The number of hydrogen-bond donors (Lipinski definition) is 0. The van der Waals surface area contributed by atoms with Crippen LogP contribution in [0.3, 0.4) is 0 Å². The van der Waals surface area contributed by atoms with Crippen LogP contribution in [0.4, 0.5) is 0 Å². The molecule has 0 unspecified atom stereocenters. The highest BCUT2D eigenvalue weighted by atomic mass is 79.9. The van der Waals surface area contributed by atoms with Crippen molar-refractivity contribution in [2.24, 2.45) is 0 Å². The molecule has 12 heavy (non-hydrogen) atoms. The second-order valence-electron chi connectivity index (χ2n) is 2.57. The summed E-state index contributed by atoms with van der Waals surface area (Å²) >= 11 is 0. The zero-order chi connectivity index (χ0) is 8.27. The molecular weight excluding hydrogens is 218 g/mol. The number of benzene rings is 1. The van der Waals surface area contributed by atoms with Gasteiger partial charge in [-0.25, -0.2) is 0 Å². The van der Waals surface area contributed by atoms with E-state index in [4.69, 9.17) is 0 Å². The van der Waals surface area contributed by atoms with Crippen LogP contribution in [0.15, 0.2) is 30.3 Å². The number of nitrogens with zero attached hydrogens (tertiary/aromatic N) is 1. The van der Waals surface area contributed by atoms with Crippen LogP contribution in [-0.4, -0.2) is 24.9 Å². The molecule has 0 spiro atoms. The van der Waals surface area contributed by atoms with Gasteiger partial charge in [-0.3, -0.25) is 4.79 Å². The van der Waals surface area contributed by atoms with E-state index in [0.717, 1.165) is 5.56 Å². The first-order valence-corrected chi connectivity index (χ1v) is 3.48. The number of amides is 1. The van der Waals surface area contributed by atoms with E-state index < -0.39 is 0 Å². The first kappa shape index (κ1) is 11.2. The fourth-order valence-corrected chi connectivity index (χ4v) is 0.839. The molecule has 1 rings (SSSR count). The van der Waals surface area contributed by atoms with E-state index in [0.29, 0.717) is 0 Å². The van der Waals surface area contributed by atoms with Crippen molar-refractivity contribution in [3.05, 3.63) is 35.9 Å². The smallest absolute Gasteiger partial charge is 0.253 e. The van der Waals surface area contributed by atoms with E-state index in [1.807, 2.05) is 30.3 Å². The highest BCUT2D eigenvalue weighted by Crippen LogP contribution is 2.00. The second kappa shape index (κ2) is 4.93. The van der Waals surface area contributed by atoms with E-state index in [2.05, 4.69) is 0 Å². The molecule has 0 fully saturated rings. The first-order valence-electron chi connectivity index (χ1n) is 3.48. The fourth-order valence-electron chi connectivity index (χ4n) is 0.839. The third-order valence-electron chi connectivity index (χ3n) is 1.43. The number of halogens is 1. The Kier molecular flexibility index (Phi) is 4.59. The minimum Gasteiger partial charge on any atom is -0.345 e. The van der Waals surface area contributed by atoms with Gasteiger partial charge in [0.25, 0.3) is 5.91 Å². The molecule has 0 aliphatic heterocycles. The average Bonchev–Trinajstić information content (AvgIpc) is 2.05. The maximum Gasteiger partial charge on any atom is 0.253 e. The van der Waals surface area contributed by atoms with Crippen molar-refractivity contribution in [1.82, 2.24) is 4.90 Å². The Morgan fingerprint density at radius 2 is 1.67 bits per heavy atom. The van der Waals surface area contributed by atoms with Crippen LogP contribution in [0.2, 0.25) is 0 Å². The van der Waals surface area contributed by atoms with E-state index in [1.54, 1.807) is 19.0 Å². The van der Waals surface area contributed by atoms with Crippen LogP contribution in [0.5, 0.6) is 0 Å². The van der Waals surface area contributed by atoms with Gasteiger partial charge in [-0.2, -0.15) is 0 Å². The highest BCUT2D eigenvalue weighted by Gasteiger charge is 2.04. The van der Waals surface area contributed by atoms with Gasteiger partial charge in [0.15, 0.2) is 0 Å². The molecule has 1 aromatic carbocycles. The lowest BCUT2D eigenvalue weighted by molar-refractivity contribution is 0.0827. The van der Waals surface area contributed by atoms with Crippen LogP contribution in [-0.2, 0) is 0 Å². The Labute approximate surface area is 83.0 Å². The summed E-state index contributed by atoms with van der Waals surface area (Å²) in [6.45, 7) is 0. The largest absolute Gasteiger partial charge is 0.345 e. The van der Waals surface area contributed by atoms with Crippen molar-refractivity contribution in [3.63, 3.8) is 0 Å². The summed E-state index contributed by atoms with van der Waals surface area (Å²) < 4.78 is 0. The van der Waals surface area contributed by atoms with Crippen molar-refractivity contribution in [1.29, 1.82) is 0 Å². The molecule has 0 aliphatic rings. The molecule has 0 aromatic heterocycles. The zero-order valence-corrected chi connectivity index (χ0v) is 8.86. The molecule has 0 aliphatic carbocycles.